The number of carbonyl (C=O) groups is 1. The third-order valence-corrected chi connectivity index (χ3v) is 6.78. The van der Waals surface area contributed by atoms with Gasteiger partial charge < -0.3 is 10.2 Å². The molecule has 3 aromatic carbocycles. The first-order valence-corrected chi connectivity index (χ1v) is 11.4. The van der Waals surface area contributed by atoms with Crippen molar-refractivity contribution in [3.63, 3.8) is 0 Å². The molecule has 2 N–H and O–H groups in total. The zero-order chi connectivity index (χ0) is 23.7. The van der Waals surface area contributed by atoms with Gasteiger partial charge in [0.2, 0.25) is 0 Å². The maximum absolute atomic E-state index is 13.6. The molecule has 1 aliphatic heterocycles. The predicted octanol–water partition coefficient (Wildman–Crippen LogP) is 4.17. The first-order chi connectivity index (χ1) is 16.5. The van der Waals surface area contributed by atoms with Gasteiger partial charge in [0.15, 0.2) is 0 Å². The Morgan fingerprint density at radius 3 is 2.00 bits per heavy atom. The number of para-hydroxylation sites is 1. The number of piperidine rings is 1. The molecule has 0 bridgehead atoms. The van der Waals surface area contributed by atoms with E-state index < -0.39 is 11.6 Å². The number of rotatable bonds is 5. The van der Waals surface area contributed by atoms with Crippen molar-refractivity contribution in [2.24, 2.45) is 0 Å². The van der Waals surface area contributed by atoms with Crippen molar-refractivity contribution in [2.75, 3.05) is 13.1 Å². The highest BCUT2D eigenvalue weighted by Gasteiger charge is 2.34. The first-order valence-electron chi connectivity index (χ1n) is 11.4. The van der Waals surface area contributed by atoms with Crippen LogP contribution in [0.5, 0.6) is 0 Å². The van der Waals surface area contributed by atoms with E-state index in [1.165, 1.54) is 4.57 Å². The summed E-state index contributed by atoms with van der Waals surface area (Å²) in [6, 6.07) is 25.7. The van der Waals surface area contributed by atoms with Crippen molar-refractivity contribution in [2.45, 2.75) is 25.0 Å². The Balaban J connectivity index is 1.58. The summed E-state index contributed by atoms with van der Waals surface area (Å²) in [5.41, 5.74) is 0.979. The van der Waals surface area contributed by atoms with Gasteiger partial charge in [0.1, 0.15) is 0 Å². The lowest BCUT2D eigenvalue weighted by atomic mass is 9.84. The normalized spacial score (nSPS) is 15.9. The summed E-state index contributed by atoms with van der Waals surface area (Å²) in [4.78, 5) is 28.2. The van der Waals surface area contributed by atoms with Crippen LogP contribution in [0.4, 0.5) is 0 Å². The van der Waals surface area contributed by atoms with Crippen LogP contribution in [-0.2, 0) is 12.1 Å². The van der Waals surface area contributed by atoms with Gasteiger partial charge in [0.25, 0.3) is 5.56 Å². The van der Waals surface area contributed by atoms with Gasteiger partial charge in [-0.1, -0.05) is 66.7 Å². The average Bonchev–Trinajstić information content (AvgIpc) is 2.87. The Hall–Kier alpha value is -3.74. The van der Waals surface area contributed by atoms with Crippen LogP contribution in [0.25, 0.3) is 16.5 Å². The third-order valence-electron chi connectivity index (χ3n) is 6.78. The molecule has 0 amide bonds. The summed E-state index contributed by atoms with van der Waals surface area (Å²) in [6.07, 6.45) is 1.06. The lowest BCUT2D eigenvalue weighted by molar-refractivity contribution is -0.0281. The topological polar surface area (TPSA) is 82.8 Å². The van der Waals surface area contributed by atoms with E-state index in [-0.39, 0.29) is 11.1 Å². The summed E-state index contributed by atoms with van der Waals surface area (Å²) in [5.74, 6) is -1.06. The summed E-state index contributed by atoms with van der Waals surface area (Å²) < 4.78 is 1.53. The minimum atomic E-state index is -1.06. The van der Waals surface area contributed by atoms with Crippen LogP contribution >= 0.6 is 0 Å². The lowest BCUT2D eigenvalue weighted by Gasteiger charge is -2.39. The number of hydrogen-bond donors (Lipinski definition) is 2. The van der Waals surface area contributed by atoms with Gasteiger partial charge in [-0.2, -0.15) is 0 Å². The van der Waals surface area contributed by atoms with Crippen LogP contribution < -0.4 is 5.56 Å². The van der Waals surface area contributed by atoms with Crippen LogP contribution in [0.1, 0.15) is 34.5 Å². The van der Waals surface area contributed by atoms with Crippen LogP contribution in [0, 0.1) is 0 Å². The second-order valence-corrected chi connectivity index (χ2v) is 8.82. The molecule has 0 unspecified atom stereocenters. The van der Waals surface area contributed by atoms with Crippen molar-refractivity contribution >= 4 is 16.7 Å². The first kappa shape index (κ1) is 22.1. The van der Waals surface area contributed by atoms with Gasteiger partial charge in [0.05, 0.1) is 16.9 Å². The highest BCUT2D eigenvalue weighted by Crippen LogP contribution is 2.34. The minimum absolute atomic E-state index is 0.142. The number of aromatic nitrogens is 1. The van der Waals surface area contributed by atoms with Gasteiger partial charge in [-0.05, 0) is 36.6 Å². The Morgan fingerprint density at radius 2 is 1.38 bits per heavy atom. The number of hydrogen-bond acceptors (Lipinski definition) is 4. The summed E-state index contributed by atoms with van der Waals surface area (Å²) in [6.45, 7) is 1.46. The van der Waals surface area contributed by atoms with Gasteiger partial charge in [-0.3, -0.25) is 14.3 Å². The zero-order valence-electron chi connectivity index (χ0n) is 18.7. The Morgan fingerprint density at radius 1 is 0.824 bits per heavy atom. The second kappa shape index (κ2) is 8.89. The SMILES string of the molecule is O=C(O)c1c(CN2CCC(O)(c3ccccc3)CC2)n(-c2ccccc2)c(=O)c2ccccc12. The fourth-order valence-electron chi connectivity index (χ4n) is 4.97. The Kier molecular flexibility index (Phi) is 5.77. The van der Waals surface area contributed by atoms with E-state index in [0.717, 1.165) is 5.56 Å². The number of carboxylic acids is 1. The highest BCUT2D eigenvalue weighted by atomic mass is 16.4. The fourth-order valence-corrected chi connectivity index (χ4v) is 4.97. The minimum Gasteiger partial charge on any atom is -0.478 e. The van der Waals surface area contributed by atoms with Crippen LogP contribution in [-0.4, -0.2) is 38.7 Å². The van der Waals surface area contributed by atoms with Crippen molar-refractivity contribution < 1.29 is 15.0 Å². The number of aliphatic hydroxyl groups is 1. The third kappa shape index (κ3) is 3.91. The molecule has 0 atom stereocenters. The van der Waals surface area contributed by atoms with E-state index in [1.807, 2.05) is 60.7 Å². The highest BCUT2D eigenvalue weighted by molar-refractivity contribution is 6.04. The molecule has 172 valence electrons. The van der Waals surface area contributed by atoms with Crippen LogP contribution in [0.2, 0.25) is 0 Å². The molecule has 34 heavy (non-hydrogen) atoms. The zero-order valence-corrected chi connectivity index (χ0v) is 18.7. The standard InChI is InChI=1S/C28H26N2O4/c31-26-23-14-8-7-13-22(23)25(27(32)33)24(30(26)21-11-5-2-6-12-21)19-29-17-15-28(34,16-18-29)20-9-3-1-4-10-20/h1-14,34H,15-19H2,(H,32,33). The smallest absolute Gasteiger partial charge is 0.338 e. The number of benzene rings is 3. The monoisotopic (exact) mass is 454 g/mol. The largest absolute Gasteiger partial charge is 0.478 e. The molecule has 4 aromatic rings. The Bertz CT molecular complexity index is 1390. The van der Waals surface area contributed by atoms with Gasteiger partial charge >= 0.3 is 5.97 Å². The Labute approximate surface area is 197 Å². The molecule has 0 radical (unpaired) electrons. The number of nitrogens with zero attached hydrogens (tertiary/aromatic N) is 2. The van der Waals surface area contributed by atoms with E-state index in [1.54, 1.807) is 24.3 Å². The number of pyridine rings is 1. The molecular weight excluding hydrogens is 428 g/mol. The molecule has 0 aliphatic carbocycles. The van der Waals surface area contributed by atoms with Gasteiger partial charge in [-0.25, -0.2) is 4.79 Å². The predicted molar refractivity (Wildman–Crippen MR) is 131 cm³/mol. The van der Waals surface area contributed by atoms with E-state index in [2.05, 4.69) is 4.90 Å². The summed E-state index contributed by atoms with van der Waals surface area (Å²) >= 11 is 0. The quantitative estimate of drug-likeness (QED) is 0.473. The summed E-state index contributed by atoms with van der Waals surface area (Å²) in [7, 11) is 0. The summed E-state index contributed by atoms with van der Waals surface area (Å²) in [5, 5.41) is 22.2. The molecule has 1 saturated heterocycles. The number of carboxylic acid groups (broad SMARTS) is 1. The van der Waals surface area contributed by atoms with Gasteiger partial charge in [0, 0.05) is 36.1 Å². The average molecular weight is 455 g/mol. The van der Waals surface area contributed by atoms with Crippen molar-refractivity contribution in [3.05, 3.63) is 112 Å². The van der Waals surface area contributed by atoms with E-state index in [4.69, 9.17) is 0 Å². The lowest BCUT2D eigenvalue weighted by Crippen LogP contribution is -2.43. The van der Waals surface area contributed by atoms with E-state index in [9.17, 15) is 19.8 Å². The maximum atomic E-state index is 13.6. The second-order valence-electron chi connectivity index (χ2n) is 8.82. The van der Waals surface area contributed by atoms with E-state index in [0.29, 0.717) is 54.6 Å². The molecule has 1 fully saturated rings. The molecule has 2 heterocycles. The number of likely N-dealkylation sites (tertiary alicyclic amines) is 1. The molecule has 0 spiro atoms. The number of fused-ring (bicyclic) bond motifs is 1. The number of aromatic carboxylic acids is 1. The van der Waals surface area contributed by atoms with Crippen LogP contribution in [0.3, 0.4) is 0 Å². The molecule has 0 saturated carbocycles. The van der Waals surface area contributed by atoms with Crippen molar-refractivity contribution in [1.29, 1.82) is 0 Å². The van der Waals surface area contributed by atoms with Crippen molar-refractivity contribution in [1.82, 2.24) is 9.47 Å². The molecule has 6 heteroatoms. The molecular formula is C28H26N2O4. The fraction of sp³-hybridized carbons (Fsp3) is 0.214. The molecule has 1 aromatic heterocycles. The maximum Gasteiger partial charge on any atom is 0.338 e. The van der Waals surface area contributed by atoms with E-state index >= 15 is 0 Å². The molecule has 1 aliphatic rings. The molecule has 5 rings (SSSR count). The van der Waals surface area contributed by atoms with Crippen LogP contribution in [0.15, 0.2) is 89.7 Å². The van der Waals surface area contributed by atoms with Gasteiger partial charge in [-0.15, -0.1) is 0 Å². The molecule has 6 nitrogen and oxygen atoms in total. The van der Waals surface area contributed by atoms with Crippen molar-refractivity contribution in [3.8, 4) is 5.69 Å².